The van der Waals surface area contributed by atoms with Gasteiger partial charge >= 0.3 is 0 Å². The van der Waals surface area contributed by atoms with Crippen LogP contribution in [0.4, 0.5) is 14.5 Å². The highest BCUT2D eigenvalue weighted by molar-refractivity contribution is 6.52. The van der Waals surface area contributed by atoms with Gasteiger partial charge in [-0.1, -0.05) is 0 Å². The van der Waals surface area contributed by atoms with Crippen LogP contribution in [-0.4, -0.2) is 24.1 Å². The predicted octanol–water partition coefficient (Wildman–Crippen LogP) is -0.126. The molecule has 0 aliphatic carbocycles. The summed E-state index contributed by atoms with van der Waals surface area (Å²) in [6.45, 7) is -0.191. The summed E-state index contributed by atoms with van der Waals surface area (Å²) in [6.07, 6.45) is -0.187. The minimum Gasteiger partial charge on any atom is -0.304 e. The van der Waals surface area contributed by atoms with Crippen LogP contribution in [0, 0.1) is 11.6 Å². The van der Waals surface area contributed by atoms with Crippen LogP contribution in [0.5, 0.6) is 0 Å². The van der Waals surface area contributed by atoms with Crippen LogP contribution in [0.15, 0.2) is 12.1 Å². The number of anilines is 1. The molecular formula is C11H9F2N3O3. The van der Waals surface area contributed by atoms with Crippen molar-refractivity contribution in [3.63, 3.8) is 0 Å². The predicted molar refractivity (Wildman–Crippen MR) is 60.0 cm³/mol. The number of carbonyl (C=O) groups is 3. The number of benzene rings is 1. The molecule has 8 heteroatoms. The van der Waals surface area contributed by atoms with E-state index in [1.807, 2.05) is 5.43 Å². The Hall–Kier alpha value is -2.35. The van der Waals surface area contributed by atoms with E-state index in [4.69, 9.17) is 5.84 Å². The topological polar surface area (TPSA) is 92.5 Å². The number of hydrogen-bond donors (Lipinski definition) is 2. The maximum atomic E-state index is 13.5. The van der Waals surface area contributed by atoms with Crippen molar-refractivity contribution >= 4 is 23.3 Å². The fourth-order valence-electron chi connectivity index (χ4n) is 1.84. The number of halogens is 2. The normalized spacial score (nSPS) is 13.7. The molecule has 0 unspecified atom stereocenters. The Labute approximate surface area is 106 Å². The number of hydrazine groups is 1. The summed E-state index contributed by atoms with van der Waals surface area (Å²) in [6, 6.07) is 1.40. The Balaban J connectivity index is 2.36. The molecule has 0 radical (unpaired) electrons. The van der Waals surface area contributed by atoms with E-state index in [2.05, 4.69) is 0 Å². The fourth-order valence-corrected chi connectivity index (χ4v) is 1.84. The van der Waals surface area contributed by atoms with Gasteiger partial charge in [0, 0.05) is 19.0 Å². The van der Waals surface area contributed by atoms with Gasteiger partial charge in [0.2, 0.25) is 5.91 Å². The highest BCUT2D eigenvalue weighted by Gasteiger charge is 2.38. The minimum atomic E-state index is -1.10. The molecule has 100 valence electrons. The highest BCUT2D eigenvalue weighted by Crippen LogP contribution is 2.31. The van der Waals surface area contributed by atoms with Crippen LogP contribution < -0.4 is 16.2 Å². The molecule has 0 fully saturated rings. The van der Waals surface area contributed by atoms with E-state index in [1.54, 1.807) is 0 Å². The van der Waals surface area contributed by atoms with Gasteiger partial charge in [0.15, 0.2) is 0 Å². The van der Waals surface area contributed by atoms with E-state index < -0.39 is 34.8 Å². The van der Waals surface area contributed by atoms with Gasteiger partial charge in [-0.25, -0.2) is 14.6 Å². The Morgan fingerprint density at radius 2 is 2.00 bits per heavy atom. The Kier molecular flexibility index (Phi) is 3.26. The van der Waals surface area contributed by atoms with Gasteiger partial charge in [0.25, 0.3) is 11.7 Å². The van der Waals surface area contributed by atoms with E-state index in [-0.39, 0.29) is 18.7 Å². The first kappa shape index (κ1) is 13.1. The quantitative estimate of drug-likeness (QED) is 0.346. The maximum Gasteiger partial charge on any atom is 0.299 e. The molecule has 1 aliphatic rings. The zero-order valence-corrected chi connectivity index (χ0v) is 9.57. The molecule has 2 amide bonds. The van der Waals surface area contributed by atoms with Crippen LogP contribution in [-0.2, 0) is 9.59 Å². The minimum absolute atomic E-state index is 0.169. The number of nitrogens with one attached hydrogen (secondary N) is 1. The molecule has 2 rings (SSSR count). The molecule has 1 heterocycles. The van der Waals surface area contributed by atoms with Crippen LogP contribution >= 0.6 is 0 Å². The molecule has 3 N–H and O–H groups in total. The molecule has 0 saturated heterocycles. The van der Waals surface area contributed by atoms with Gasteiger partial charge < -0.3 is 4.90 Å². The van der Waals surface area contributed by atoms with Gasteiger partial charge in [-0.15, -0.1) is 0 Å². The van der Waals surface area contributed by atoms with Crippen molar-refractivity contribution in [3.8, 4) is 0 Å². The van der Waals surface area contributed by atoms with E-state index >= 15 is 0 Å². The lowest BCUT2D eigenvalue weighted by atomic mass is 10.1. The third-order valence-electron chi connectivity index (χ3n) is 2.71. The van der Waals surface area contributed by atoms with Crippen molar-refractivity contribution in [3.05, 3.63) is 29.3 Å². The van der Waals surface area contributed by atoms with Crippen LogP contribution in [0.1, 0.15) is 16.8 Å². The molecule has 19 heavy (non-hydrogen) atoms. The summed E-state index contributed by atoms with van der Waals surface area (Å²) in [5, 5.41) is 0. The number of fused-ring (bicyclic) bond motifs is 1. The van der Waals surface area contributed by atoms with Crippen molar-refractivity contribution in [2.75, 3.05) is 11.4 Å². The molecule has 1 aromatic rings. The second-order valence-electron chi connectivity index (χ2n) is 3.89. The summed E-state index contributed by atoms with van der Waals surface area (Å²) >= 11 is 0. The van der Waals surface area contributed by atoms with Crippen molar-refractivity contribution in [2.45, 2.75) is 6.42 Å². The van der Waals surface area contributed by atoms with Crippen LogP contribution in [0.25, 0.3) is 0 Å². The second kappa shape index (κ2) is 4.73. The van der Waals surface area contributed by atoms with E-state index in [9.17, 15) is 23.2 Å². The molecule has 1 aromatic carbocycles. The lowest BCUT2D eigenvalue weighted by Gasteiger charge is -2.15. The average molecular weight is 269 g/mol. The Morgan fingerprint density at radius 1 is 1.32 bits per heavy atom. The van der Waals surface area contributed by atoms with Crippen molar-refractivity contribution in [1.29, 1.82) is 0 Å². The third-order valence-corrected chi connectivity index (χ3v) is 2.71. The third kappa shape index (κ3) is 2.17. The average Bonchev–Trinajstić information content (AvgIpc) is 2.59. The molecule has 0 atom stereocenters. The van der Waals surface area contributed by atoms with E-state index in [0.717, 1.165) is 11.0 Å². The van der Waals surface area contributed by atoms with Gasteiger partial charge in [-0.3, -0.25) is 19.8 Å². The molecule has 0 saturated carbocycles. The number of nitrogens with zero attached hydrogens (tertiary/aromatic N) is 1. The summed E-state index contributed by atoms with van der Waals surface area (Å²) in [7, 11) is 0. The van der Waals surface area contributed by atoms with Crippen LogP contribution in [0.2, 0.25) is 0 Å². The van der Waals surface area contributed by atoms with Crippen molar-refractivity contribution in [1.82, 2.24) is 5.43 Å². The fraction of sp³-hybridized carbons (Fsp3) is 0.182. The molecule has 0 aromatic heterocycles. The van der Waals surface area contributed by atoms with E-state index in [0.29, 0.717) is 6.07 Å². The first-order chi connectivity index (χ1) is 8.95. The van der Waals surface area contributed by atoms with Crippen molar-refractivity contribution in [2.24, 2.45) is 5.84 Å². The number of Topliss-reactive ketones (excluding diaryl/α,β-unsaturated/α-hetero) is 1. The number of nitrogens with two attached hydrogens (primary N) is 1. The molecule has 1 aliphatic heterocycles. The van der Waals surface area contributed by atoms with Gasteiger partial charge in [0.05, 0.1) is 11.3 Å². The lowest BCUT2D eigenvalue weighted by molar-refractivity contribution is -0.121. The molecule has 0 spiro atoms. The van der Waals surface area contributed by atoms with E-state index in [1.165, 1.54) is 0 Å². The number of amides is 2. The summed E-state index contributed by atoms with van der Waals surface area (Å²) in [5.74, 6) is 0.248. The monoisotopic (exact) mass is 269 g/mol. The number of carbonyl (C=O) groups excluding carboxylic acids is 3. The summed E-state index contributed by atoms with van der Waals surface area (Å²) in [4.78, 5) is 35.1. The Morgan fingerprint density at radius 3 is 2.63 bits per heavy atom. The SMILES string of the molecule is NNC(=O)CCN1C(=O)C(=O)c2c(F)cc(F)cc21. The standard InChI is InChI=1S/C11H9F2N3O3/c12-5-3-6(13)9-7(4-5)16(11(19)10(9)18)2-1-8(17)15-14/h3-4H,1-2,14H2,(H,15,17). The summed E-state index contributed by atoms with van der Waals surface area (Å²) in [5.41, 5.74) is 1.21. The number of hydrogen-bond acceptors (Lipinski definition) is 4. The van der Waals surface area contributed by atoms with Gasteiger partial charge in [0.1, 0.15) is 11.6 Å². The van der Waals surface area contributed by atoms with Crippen LogP contribution in [0.3, 0.4) is 0 Å². The zero-order chi connectivity index (χ0) is 14.2. The van der Waals surface area contributed by atoms with Gasteiger partial charge in [-0.05, 0) is 6.07 Å². The highest BCUT2D eigenvalue weighted by atomic mass is 19.1. The molecular weight excluding hydrogens is 260 g/mol. The number of ketones is 1. The first-order valence-electron chi connectivity index (χ1n) is 5.30. The molecule has 6 nitrogen and oxygen atoms in total. The smallest absolute Gasteiger partial charge is 0.299 e. The lowest BCUT2D eigenvalue weighted by Crippen LogP contribution is -2.36. The van der Waals surface area contributed by atoms with Gasteiger partial charge in [-0.2, -0.15) is 0 Å². The summed E-state index contributed by atoms with van der Waals surface area (Å²) < 4.78 is 26.6. The van der Waals surface area contributed by atoms with Crippen molar-refractivity contribution < 1.29 is 23.2 Å². The maximum absolute atomic E-state index is 13.5. The zero-order valence-electron chi connectivity index (χ0n) is 9.57. The first-order valence-corrected chi connectivity index (χ1v) is 5.30. The molecule has 0 bridgehead atoms. The largest absolute Gasteiger partial charge is 0.304 e. The Bertz CT molecular complexity index is 589. The number of rotatable bonds is 3. The second-order valence-corrected chi connectivity index (χ2v) is 3.89.